The zero-order valence-electron chi connectivity index (χ0n) is 6.23. The van der Waals surface area contributed by atoms with E-state index in [9.17, 15) is 0 Å². The molecule has 11 heavy (non-hydrogen) atoms. The fourth-order valence-electron chi connectivity index (χ4n) is 0.575. The zero-order valence-corrected chi connectivity index (χ0v) is 6.99. The summed E-state index contributed by atoms with van der Waals surface area (Å²) >= 11 is 0. The maximum Gasteiger partial charge on any atom is 0.243 e. The van der Waals surface area contributed by atoms with Crippen LogP contribution in [0, 0.1) is 10.8 Å². The molecule has 0 aliphatic heterocycles. The van der Waals surface area contributed by atoms with E-state index in [0.29, 0.717) is 0 Å². The van der Waals surface area contributed by atoms with E-state index in [4.69, 9.17) is 14.0 Å². The van der Waals surface area contributed by atoms with Crippen molar-refractivity contribution in [1.82, 2.24) is 4.57 Å². The number of imidazole rings is 1. The Hall–Kier alpha value is -0.620. The van der Waals surface area contributed by atoms with Crippen LogP contribution in [0.15, 0.2) is 18.7 Å². The predicted molar refractivity (Wildman–Crippen MR) is 26.6 cm³/mol. The van der Waals surface area contributed by atoms with Crippen LogP contribution >= 0.6 is 0 Å². The summed E-state index contributed by atoms with van der Waals surface area (Å²) in [5, 5.41) is 0. The predicted octanol–water partition coefficient (Wildman–Crippen LogP) is -3.72. The van der Waals surface area contributed by atoms with Crippen molar-refractivity contribution in [2.75, 3.05) is 0 Å². The van der Waals surface area contributed by atoms with Crippen molar-refractivity contribution in [1.29, 1.82) is 0 Å². The van der Waals surface area contributed by atoms with Gasteiger partial charge in [0.2, 0.25) is 6.33 Å². The Morgan fingerprint density at radius 2 is 1.82 bits per heavy atom. The highest BCUT2D eigenvalue weighted by molar-refractivity contribution is 4.60. The largest absolute Gasteiger partial charge is 0.357 e. The van der Waals surface area contributed by atoms with Crippen LogP contribution in [0.5, 0.6) is 0 Å². The average molecular weight is 181 g/mol. The molecule has 1 rings (SSSR count). The molecule has 0 spiro atoms. The van der Waals surface area contributed by atoms with Crippen molar-refractivity contribution in [3.63, 3.8) is 0 Å². The third kappa shape index (κ3) is 7.27. The maximum absolute atomic E-state index is 8.41. The highest BCUT2D eigenvalue weighted by Crippen LogP contribution is 1.70. The number of halogens is 1. The second kappa shape index (κ2) is 5.09. The molecular weight excluding hydrogens is 172 g/mol. The Balaban J connectivity index is 0.000000218. The summed E-state index contributed by atoms with van der Waals surface area (Å²) in [7, 11) is 1.15. The molecule has 0 fully saturated rings. The number of hydrogen-bond donors (Lipinski definition) is 0. The summed E-state index contributed by atoms with van der Waals surface area (Å²) in [4.78, 5) is 0. The van der Waals surface area contributed by atoms with E-state index in [2.05, 4.69) is 0 Å². The van der Waals surface area contributed by atoms with Gasteiger partial charge in [-0.1, -0.05) is 0 Å². The maximum atomic E-state index is 8.41. The van der Waals surface area contributed by atoms with E-state index in [1.54, 1.807) is 0 Å². The van der Waals surface area contributed by atoms with E-state index in [0.717, 1.165) is 0 Å². The van der Waals surface area contributed by atoms with Gasteiger partial charge in [0, 0.05) is 0 Å². The summed E-state index contributed by atoms with van der Waals surface area (Å²) in [6.45, 7) is 0. The second-order valence-corrected chi connectivity index (χ2v) is 2.31. The van der Waals surface area contributed by atoms with Crippen LogP contribution in [-0.4, -0.2) is 4.57 Å². The molecule has 0 saturated carbocycles. The van der Waals surface area contributed by atoms with E-state index in [-0.39, 0.29) is 0 Å². The first kappa shape index (κ1) is 10.4. The lowest BCUT2D eigenvalue weighted by Gasteiger charge is -1.89. The number of hydrogen-bond acceptors (Lipinski definition) is 3. The van der Waals surface area contributed by atoms with Gasteiger partial charge in [0.25, 0.3) is 0 Å². The Labute approximate surface area is 67.5 Å². The normalized spacial score (nSPS) is 9.27. The molecule has 1 heterocycles. The molecular formula is C5H9ClN2O3. The monoisotopic (exact) mass is 180 g/mol. The van der Waals surface area contributed by atoms with Gasteiger partial charge in [-0.05, 0) is 0 Å². The summed E-state index contributed by atoms with van der Waals surface area (Å²) in [5.74, 6) is 0. The summed E-state index contributed by atoms with van der Waals surface area (Å²) in [6.07, 6.45) is 6.00. The first-order valence-electron chi connectivity index (χ1n) is 2.72. The fourth-order valence-corrected chi connectivity index (χ4v) is 0.575. The van der Waals surface area contributed by atoms with Crippen molar-refractivity contribution in [2.45, 2.75) is 0 Å². The first-order chi connectivity index (χ1) is 5.02. The molecule has 0 aliphatic carbocycles. The molecule has 0 N–H and O–H groups in total. The van der Waals surface area contributed by atoms with Crippen LogP contribution in [0.25, 0.3) is 0 Å². The topological polar surface area (TPSA) is 78.0 Å². The lowest BCUT2D eigenvalue weighted by molar-refractivity contribution is -1.73. The van der Waals surface area contributed by atoms with Gasteiger partial charge in [-0.15, -0.1) is 0 Å². The van der Waals surface area contributed by atoms with Crippen molar-refractivity contribution >= 4 is 0 Å². The smallest absolute Gasteiger partial charge is 0.243 e. The van der Waals surface area contributed by atoms with Gasteiger partial charge in [-0.3, -0.25) is 0 Å². The van der Waals surface area contributed by atoms with Crippen LogP contribution in [0.4, 0.5) is 0 Å². The zero-order chi connectivity index (χ0) is 8.85. The quantitative estimate of drug-likeness (QED) is 0.386. The molecule has 0 bridgehead atoms. The van der Waals surface area contributed by atoms with Crippen LogP contribution in [0.1, 0.15) is 0 Å². The van der Waals surface area contributed by atoms with E-state index >= 15 is 0 Å². The Morgan fingerprint density at radius 3 is 1.91 bits per heavy atom. The molecule has 1 aromatic rings. The molecule has 0 amide bonds. The minimum absolute atomic E-state index is 2.00. The van der Waals surface area contributed by atoms with Gasteiger partial charge in [-0.25, -0.2) is 9.13 Å². The summed E-state index contributed by atoms with van der Waals surface area (Å²) in [6, 6.07) is 0. The van der Waals surface area contributed by atoms with Gasteiger partial charge < -0.3 is 14.0 Å². The van der Waals surface area contributed by atoms with Gasteiger partial charge in [0.15, 0.2) is 0 Å². The number of aromatic nitrogens is 2. The van der Waals surface area contributed by atoms with Crippen molar-refractivity contribution in [3.05, 3.63) is 18.7 Å². The van der Waals surface area contributed by atoms with Crippen molar-refractivity contribution in [2.24, 2.45) is 14.1 Å². The highest BCUT2D eigenvalue weighted by Gasteiger charge is 1.87. The Morgan fingerprint density at radius 1 is 1.36 bits per heavy atom. The van der Waals surface area contributed by atoms with Gasteiger partial charge in [0.05, 0.1) is 24.9 Å². The summed E-state index contributed by atoms with van der Waals surface area (Å²) in [5.41, 5.74) is 0. The summed E-state index contributed by atoms with van der Waals surface area (Å²) < 4.78 is 29.2. The van der Waals surface area contributed by atoms with E-state index < -0.39 is 10.8 Å². The Kier molecular flexibility index (Phi) is 4.80. The SMILES string of the molecule is Cn1cc[n+](C)c1.[O-][Cl+2]([O-])[O-]. The highest BCUT2D eigenvalue weighted by atomic mass is 35.6. The van der Waals surface area contributed by atoms with Crippen LogP contribution < -0.4 is 18.5 Å². The van der Waals surface area contributed by atoms with E-state index in [1.165, 1.54) is 0 Å². The first-order valence-corrected chi connectivity index (χ1v) is 3.65. The van der Waals surface area contributed by atoms with Crippen LogP contribution in [0.3, 0.4) is 0 Å². The lowest BCUT2D eigenvalue weighted by atomic mass is 10.9. The molecule has 0 aliphatic rings. The number of nitrogens with zero attached hydrogens (tertiary/aromatic N) is 2. The standard InChI is InChI=1S/C5H9N2.ClO3/c1-6-3-4-7(2)5-6;2-1(3)4/h3-5H,1-2H3;/q+1;-1. The van der Waals surface area contributed by atoms with Gasteiger partial charge >= 0.3 is 0 Å². The number of rotatable bonds is 0. The third-order valence-corrected chi connectivity index (χ3v) is 0.901. The minimum atomic E-state index is -2.85. The van der Waals surface area contributed by atoms with Crippen molar-refractivity contribution < 1.29 is 29.3 Å². The van der Waals surface area contributed by atoms with Gasteiger partial charge in [-0.2, -0.15) is 0 Å². The molecule has 5 nitrogen and oxygen atoms in total. The van der Waals surface area contributed by atoms with Crippen LogP contribution in [0.2, 0.25) is 0 Å². The second-order valence-electron chi connectivity index (χ2n) is 1.93. The van der Waals surface area contributed by atoms with Crippen molar-refractivity contribution in [3.8, 4) is 0 Å². The molecule has 0 saturated heterocycles. The molecule has 6 heteroatoms. The Bertz CT molecular complexity index is 182. The third-order valence-electron chi connectivity index (χ3n) is 0.901. The molecule has 1 aromatic heterocycles. The number of aryl methyl sites for hydroxylation is 2. The van der Waals surface area contributed by atoms with Crippen LogP contribution in [-0.2, 0) is 14.1 Å². The lowest BCUT2D eigenvalue weighted by Crippen LogP contribution is -2.42. The van der Waals surface area contributed by atoms with Gasteiger partial charge in [0.1, 0.15) is 12.4 Å². The fraction of sp³-hybridized carbons (Fsp3) is 0.400. The molecule has 64 valence electrons. The average Bonchev–Trinajstić information content (AvgIpc) is 2.13. The molecule has 0 unspecified atom stereocenters. The minimum Gasteiger partial charge on any atom is -0.357 e. The van der Waals surface area contributed by atoms with E-state index in [1.807, 2.05) is 42.0 Å². The molecule has 0 atom stereocenters. The molecule has 0 radical (unpaired) electrons. The molecule has 0 aromatic carbocycles.